The van der Waals surface area contributed by atoms with E-state index in [1.807, 2.05) is 0 Å². The van der Waals surface area contributed by atoms with Gasteiger partial charge >= 0.3 is 5.97 Å². The summed E-state index contributed by atoms with van der Waals surface area (Å²) in [5.41, 5.74) is 0.342. The van der Waals surface area contributed by atoms with Crippen molar-refractivity contribution < 1.29 is 23.0 Å². The Balaban J connectivity index is 1.70. The zero-order valence-corrected chi connectivity index (χ0v) is 23.6. The van der Waals surface area contributed by atoms with E-state index in [0.29, 0.717) is 30.2 Å². The van der Waals surface area contributed by atoms with Crippen LogP contribution in [0.1, 0.15) is 33.6 Å². The highest BCUT2D eigenvalue weighted by Crippen LogP contribution is 2.57. The molecular formula is C21H33NO5S4Si. The Hall–Kier alpha value is -0.203. The van der Waals surface area contributed by atoms with Crippen LogP contribution in [0.4, 0.5) is 0 Å². The van der Waals surface area contributed by atoms with Crippen LogP contribution in [-0.2, 0) is 29.6 Å². The van der Waals surface area contributed by atoms with E-state index < -0.39 is 25.1 Å². The van der Waals surface area contributed by atoms with Gasteiger partial charge in [-0.25, -0.2) is 4.79 Å². The Kier molecular flexibility index (Phi) is 8.74. The number of esters is 1. The second-order valence-electron chi connectivity index (χ2n) is 9.64. The maximum atomic E-state index is 13.1. The fourth-order valence-corrected chi connectivity index (χ4v) is 11.3. The van der Waals surface area contributed by atoms with E-state index in [9.17, 15) is 13.8 Å². The van der Waals surface area contributed by atoms with Gasteiger partial charge in [-0.15, -0.1) is 11.8 Å². The number of hydrogen-bond donors (Lipinski definition) is 0. The second-order valence-corrected chi connectivity index (χ2v) is 20.0. The summed E-state index contributed by atoms with van der Waals surface area (Å²) in [5, 5.41) is 0.227. The Morgan fingerprint density at radius 3 is 2.72 bits per heavy atom. The lowest BCUT2D eigenvalue weighted by molar-refractivity contribution is -0.154. The lowest BCUT2D eigenvalue weighted by atomic mass is 9.94. The average Bonchev–Trinajstić information content (AvgIpc) is 3.12. The van der Waals surface area contributed by atoms with Crippen LogP contribution in [0, 0.1) is 5.92 Å². The summed E-state index contributed by atoms with van der Waals surface area (Å²) in [7, 11) is 0.497. The topological polar surface area (TPSA) is 72.9 Å². The summed E-state index contributed by atoms with van der Waals surface area (Å²) in [6.07, 6.45) is 3.03. The summed E-state index contributed by atoms with van der Waals surface area (Å²) >= 11 is 1.56. The Morgan fingerprint density at radius 1 is 1.41 bits per heavy atom. The summed E-state index contributed by atoms with van der Waals surface area (Å²) < 4.78 is 24.2. The van der Waals surface area contributed by atoms with Gasteiger partial charge in [-0.2, -0.15) is 0 Å². The van der Waals surface area contributed by atoms with E-state index in [1.54, 1.807) is 38.2 Å². The Labute approximate surface area is 207 Å². The first-order valence-electron chi connectivity index (χ1n) is 10.8. The molecule has 0 aromatic rings. The molecule has 3 aliphatic heterocycles. The molecule has 3 rings (SSSR count). The van der Waals surface area contributed by atoms with Crippen LogP contribution in [0.5, 0.6) is 0 Å². The molecule has 0 aromatic carbocycles. The molecule has 3 aliphatic rings. The number of hydrogen-bond acceptors (Lipinski definition) is 8. The van der Waals surface area contributed by atoms with Gasteiger partial charge in [0, 0.05) is 34.2 Å². The smallest absolute Gasteiger partial charge is 0.357 e. The molecule has 11 heteroatoms. The summed E-state index contributed by atoms with van der Waals surface area (Å²) in [5.74, 6) is 0.624. The lowest BCUT2D eigenvalue weighted by Gasteiger charge is -2.49. The highest BCUT2D eigenvalue weighted by atomic mass is 33.1. The monoisotopic (exact) mass is 535 g/mol. The van der Waals surface area contributed by atoms with Gasteiger partial charge in [0.1, 0.15) is 12.0 Å². The van der Waals surface area contributed by atoms with Crippen LogP contribution in [-0.4, -0.2) is 64.6 Å². The maximum Gasteiger partial charge on any atom is 0.357 e. The highest BCUT2D eigenvalue weighted by molar-refractivity contribution is 8.80. The van der Waals surface area contributed by atoms with Crippen molar-refractivity contribution in [3.63, 3.8) is 0 Å². The third-order valence-electron chi connectivity index (χ3n) is 6.35. The SMILES string of the molecule is C=CCOC(=O)C1=C(SC2CCS(=O)C2)SS[C@@H]2[C@@H](CCO[Si](C)(C)C(C)(C)C)C(=O)N12. The van der Waals surface area contributed by atoms with Crippen molar-refractivity contribution in [1.29, 1.82) is 0 Å². The molecule has 2 saturated heterocycles. The van der Waals surface area contributed by atoms with Gasteiger partial charge in [0.25, 0.3) is 0 Å². The average molecular weight is 536 g/mol. The molecule has 0 aliphatic carbocycles. The molecular weight excluding hydrogens is 503 g/mol. The molecule has 0 aromatic heterocycles. The summed E-state index contributed by atoms with van der Waals surface area (Å²) in [6, 6.07) is 0. The van der Waals surface area contributed by atoms with Crippen molar-refractivity contribution in [3.05, 3.63) is 22.6 Å². The van der Waals surface area contributed by atoms with Gasteiger partial charge in [0.2, 0.25) is 5.91 Å². The van der Waals surface area contributed by atoms with E-state index >= 15 is 0 Å². The van der Waals surface area contributed by atoms with E-state index in [1.165, 1.54) is 6.08 Å². The van der Waals surface area contributed by atoms with Gasteiger partial charge in [0.15, 0.2) is 14.0 Å². The predicted octanol–water partition coefficient (Wildman–Crippen LogP) is 4.73. The maximum absolute atomic E-state index is 13.1. The van der Waals surface area contributed by atoms with Crippen LogP contribution in [0.25, 0.3) is 0 Å². The van der Waals surface area contributed by atoms with E-state index in [4.69, 9.17) is 9.16 Å². The Morgan fingerprint density at radius 2 is 2.12 bits per heavy atom. The van der Waals surface area contributed by atoms with Gasteiger partial charge in [-0.05, 0) is 41.8 Å². The first-order valence-corrected chi connectivity index (χ1v) is 18.3. The zero-order valence-electron chi connectivity index (χ0n) is 19.4. The van der Waals surface area contributed by atoms with Gasteiger partial charge < -0.3 is 9.16 Å². The van der Waals surface area contributed by atoms with Crippen LogP contribution < -0.4 is 0 Å². The van der Waals surface area contributed by atoms with Crippen molar-refractivity contribution in [3.8, 4) is 0 Å². The van der Waals surface area contributed by atoms with Crippen molar-refractivity contribution in [2.45, 2.75) is 62.4 Å². The van der Waals surface area contributed by atoms with Crippen LogP contribution in [0.2, 0.25) is 18.1 Å². The van der Waals surface area contributed by atoms with E-state index in [0.717, 1.165) is 10.7 Å². The molecule has 6 nitrogen and oxygen atoms in total. The van der Waals surface area contributed by atoms with Crippen molar-refractivity contribution in [2.24, 2.45) is 5.92 Å². The minimum Gasteiger partial charge on any atom is -0.457 e. The predicted molar refractivity (Wildman–Crippen MR) is 139 cm³/mol. The minimum absolute atomic E-state index is 0.0414. The summed E-state index contributed by atoms with van der Waals surface area (Å²) in [4.78, 5) is 27.6. The minimum atomic E-state index is -1.87. The van der Waals surface area contributed by atoms with Gasteiger partial charge in [0.05, 0.1) is 10.2 Å². The van der Waals surface area contributed by atoms with Crippen LogP contribution in [0.3, 0.4) is 0 Å². The molecule has 0 radical (unpaired) electrons. The number of rotatable bonds is 9. The number of carbonyl (C=O) groups excluding carboxylic acids is 2. The standard InChI is InChI=1S/C21H33NO5S4Si/c1-7-10-26-19(24)16-20(28-14-9-12-31(25)13-14)30-29-18-15(17(23)22(16)18)8-11-27-32(5,6)21(2,3)4/h7,14-15,18H,1,8-13H2,2-6H3/t14?,15-,18+,31?/m0/s1. The second kappa shape index (κ2) is 10.6. The molecule has 32 heavy (non-hydrogen) atoms. The van der Waals surface area contributed by atoms with Gasteiger partial charge in [-0.1, -0.05) is 44.2 Å². The van der Waals surface area contributed by atoms with Crippen molar-refractivity contribution >= 4 is 64.3 Å². The molecule has 1 amide bonds. The first kappa shape index (κ1) is 26.4. The molecule has 0 saturated carbocycles. The first-order chi connectivity index (χ1) is 15.0. The van der Waals surface area contributed by atoms with Crippen molar-refractivity contribution in [1.82, 2.24) is 4.90 Å². The number of thioether (sulfide) groups is 1. The molecule has 0 spiro atoms. The zero-order chi connectivity index (χ0) is 23.7. The number of carbonyl (C=O) groups is 2. The third-order valence-corrected chi connectivity index (χ3v) is 17.1. The van der Waals surface area contributed by atoms with Gasteiger partial charge in [-0.3, -0.25) is 13.9 Å². The lowest BCUT2D eigenvalue weighted by Crippen LogP contribution is -2.60. The summed E-state index contributed by atoms with van der Waals surface area (Å²) in [6.45, 7) is 15.3. The number of fused-ring (bicyclic) bond motifs is 1. The fourth-order valence-electron chi connectivity index (χ4n) is 3.37. The Bertz CT molecular complexity index is 825. The largest absolute Gasteiger partial charge is 0.457 e. The van der Waals surface area contributed by atoms with Crippen molar-refractivity contribution in [2.75, 3.05) is 24.7 Å². The fraction of sp³-hybridized carbons (Fsp3) is 0.714. The molecule has 2 unspecified atom stereocenters. The normalized spacial score (nSPS) is 28.4. The highest BCUT2D eigenvalue weighted by Gasteiger charge is 2.54. The number of amides is 1. The number of β-lactam (4-membered cyclic amide) rings is 1. The quantitative estimate of drug-likeness (QED) is 0.138. The molecule has 2 fully saturated rings. The molecule has 180 valence electrons. The van der Waals surface area contributed by atoms with E-state index in [-0.39, 0.29) is 34.1 Å². The number of ether oxygens (including phenoxy) is 1. The molecule has 0 N–H and O–H groups in total. The molecule has 4 atom stereocenters. The molecule has 0 bridgehead atoms. The van der Waals surface area contributed by atoms with Crippen LogP contribution in [0.15, 0.2) is 22.6 Å². The van der Waals surface area contributed by atoms with E-state index in [2.05, 4.69) is 40.4 Å². The number of nitrogens with zero attached hydrogens (tertiary/aromatic N) is 1. The molecule has 3 heterocycles. The third kappa shape index (κ3) is 5.71. The van der Waals surface area contributed by atoms with Crippen LogP contribution >= 0.6 is 33.3 Å².